The molecule has 1 heterocycles. The topological polar surface area (TPSA) is 42.7 Å². The summed E-state index contributed by atoms with van der Waals surface area (Å²) in [4.78, 5) is 0. The molecule has 0 aromatic carbocycles. The van der Waals surface area contributed by atoms with E-state index >= 15 is 0 Å². The zero-order valence-electron chi connectivity index (χ0n) is 10.8. The lowest BCUT2D eigenvalue weighted by Crippen LogP contribution is -2.31. The standard InChI is InChI=1S/C12H21BrN4/c1-8-4-5-9(7-14-2)10(6-8)11-12(13)15-16-17(11)3/h8-10,14H,4-7H2,1-3H3. The Bertz CT molecular complexity index is 357. The molecule has 1 fully saturated rings. The van der Waals surface area contributed by atoms with Gasteiger partial charge >= 0.3 is 0 Å². The first-order chi connectivity index (χ1) is 8.13. The van der Waals surface area contributed by atoms with Crippen LogP contribution < -0.4 is 5.32 Å². The predicted molar refractivity (Wildman–Crippen MR) is 71.9 cm³/mol. The fourth-order valence-corrected chi connectivity index (χ4v) is 3.64. The quantitative estimate of drug-likeness (QED) is 0.931. The van der Waals surface area contributed by atoms with Crippen molar-refractivity contribution in [1.82, 2.24) is 20.3 Å². The summed E-state index contributed by atoms with van der Waals surface area (Å²) in [5.41, 5.74) is 1.26. The van der Waals surface area contributed by atoms with Crippen molar-refractivity contribution in [2.75, 3.05) is 13.6 Å². The molecular weight excluding hydrogens is 280 g/mol. The van der Waals surface area contributed by atoms with E-state index in [0.717, 1.165) is 17.1 Å². The first-order valence-corrected chi connectivity index (χ1v) is 7.12. The Hall–Kier alpha value is -0.420. The van der Waals surface area contributed by atoms with Crippen LogP contribution in [0.15, 0.2) is 4.60 Å². The second kappa shape index (κ2) is 5.48. The van der Waals surface area contributed by atoms with Gasteiger partial charge in [0.05, 0.1) is 5.69 Å². The van der Waals surface area contributed by atoms with Crippen LogP contribution in [-0.2, 0) is 7.05 Å². The minimum Gasteiger partial charge on any atom is -0.319 e. The van der Waals surface area contributed by atoms with Crippen molar-refractivity contribution < 1.29 is 0 Å². The molecule has 0 bridgehead atoms. The van der Waals surface area contributed by atoms with Gasteiger partial charge in [-0.25, -0.2) is 0 Å². The Morgan fingerprint density at radius 2 is 2.24 bits per heavy atom. The van der Waals surface area contributed by atoms with Crippen molar-refractivity contribution in [3.05, 3.63) is 10.3 Å². The zero-order valence-corrected chi connectivity index (χ0v) is 12.4. The molecular formula is C12H21BrN4. The fourth-order valence-electron chi connectivity index (χ4n) is 3.02. The molecule has 2 rings (SSSR count). The van der Waals surface area contributed by atoms with Gasteiger partial charge < -0.3 is 5.32 Å². The van der Waals surface area contributed by atoms with Crippen LogP contribution in [0.25, 0.3) is 0 Å². The lowest BCUT2D eigenvalue weighted by molar-refractivity contribution is 0.237. The maximum absolute atomic E-state index is 4.12. The predicted octanol–water partition coefficient (Wildman–Crippen LogP) is 2.32. The van der Waals surface area contributed by atoms with Crippen molar-refractivity contribution in [2.45, 2.75) is 32.1 Å². The van der Waals surface area contributed by atoms with Gasteiger partial charge in [0.15, 0.2) is 4.60 Å². The third-order valence-electron chi connectivity index (χ3n) is 3.90. The highest BCUT2D eigenvalue weighted by molar-refractivity contribution is 9.10. The molecule has 5 heteroatoms. The Balaban J connectivity index is 2.25. The van der Waals surface area contributed by atoms with Crippen LogP contribution in [0, 0.1) is 11.8 Å². The summed E-state index contributed by atoms with van der Waals surface area (Å²) >= 11 is 3.54. The molecule has 3 unspecified atom stereocenters. The van der Waals surface area contributed by atoms with Crippen LogP contribution in [0.3, 0.4) is 0 Å². The second-order valence-electron chi connectivity index (χ2n) is 5.23. The minimum absolute atomic E-state index is 0.570. The van der Waals surface area contributed by atoms with E-state index in [1.54, 1.807) is 0 Å². The summed E-state index contributed by atoms with van der Waals surface area (Å²) in [5.74, 6) is 2.07. The van der Waals surface area contributed by atoms with Crippen LogP contribution in [-0.4, -0.2) is 28.6 Å². The van der Waals surface area contributed by atoms with Crippen LogP contribution in [0.5, 0.6) is 0 Å². The average Bonchev–Trinajstić information content (AvgIpc) is 2.62. The molecule has 0 aliphatic heterocycles. The molecule has 1 N–H and O–H groups in total. The molecule has 0 radical (unpaired) electrons. The fraction of sp³-hybridized carbons (Fsp3) is 0.833. The van der Waals surface area contributed by atoms with Gasteiger partial charge in [-0.05, 0) is 54.2 Å². The van der Waals surface area contributed by atoms with Gasteiger partial charge in [-0.3, -0.25) is 4.68 Å². The number of hydrogen-bond acceptors (Lipinski definition) is 3. The zero-order chi connectivity index (χ0) is 12.4. The summed E-state index contributed by atoms with van der Waals surface area (Å²) < 4.78 is 2.84. The molecule has 1 saturated carbocycles. The molecule has 1 aliphatic carbocycles. The van der Waals surface area contributed by atoms with Gasteiger partial charge in [0.1, 0.15) is 0 Å². The number of aryl methyl sites for hydroxylation is 1. The molecule has 0 spiro atoms. The van der Waals surface area contributed by atoms with E-state index in [4.69, 9.17) is 0 Å². The van der Waals surface area contributed by atoms with E-state index in [1.165, 1.54) is 25.0 Å². The van der Waals surface area contributed by atoms with Gasteiger partial charge in [-0.15, -0.1) is 5.10 Å². The summed E-state index contributed by atoms with van der Waals surface area (Å²) in [6.45, 7) is 3.43. The maximum Gasteiger partial charge on any atom is 0.151 e. The molecule has 0 saturated heterocycles. The minimum atomic E-state index is 0.570. The summed E-state index contributed by atoms with van der Waals surface area (Å²) in [7, 11) is 4.02. The molecule has 1 aromatic heterocycles. The first kappa shape index (κ1) is 13.0. The molecule has 4 nitrogen and oxygen atoms in total. The van der Waals surface area contributed by atoms with Crippen molar-refractivity contribution in [2.24, 2.45) is 18.9 Å². The van der Waals surface area contributed by atoms with Crippen molar-refractivity contribution in [3.63, 3.8) is 0 Å². The largest absolute Gasteiger partial charge is 0.319 e. The first-order valence-electron chi connectivity index (χ1n) is 6.33. The van der Waals surface area contributed by atoms with Gasteiger partial charge in [0.2, 0.25) is 0 Å². The van der Waals surface area contributed by atoms with E-state index in [-0.39, 0.29) is 0 Å². The summed E-state index contributed by atoms with van der Waals surface area (Å²) in [5, 5.41) is 11.5. The number of nitrogens with zero attached hydrogens (tertiary/aromatic N) is 3. The van der Waals surface area contributed by atoms with E-state index in [2.05, 4.69) is 38.5 Å². The van der Waals surface area contributed by atoms with Crippen molar-refractivity contribution >= 4 is 15.9 Å². The average molecular weight is 301 g/mol. The van der Waals surface area contributed by atoms with E-state index in [0.29, 0.717) is 11.8 Å². The molecule has 96 valence electrons. The molecule has 17 heavy (non-hydrogen) atoms. The number of aromatic nitrogens is 3. The highest BCUT2D eigenvalue weighted by atomic mass is 79.9. The molecule has 0 amide bonds. The SMILES string of the molecule is CNCC1CCC(C)CC1c1c(Br)nnn1C. The van der Waals surface area contributed by atoms with Gasteiger partial charge in [0.25, 0.3) is 0 Å². The Morgan fingerprint density at radius 1 is 1.47 bits per heavy atom. The number of rotatable bonds is 3. The van der Waals surface area contributed by atoms with Gasteiger partial charge in [-0.1, -0.05) is 18.6 Å². The summed E-state index contributed by atoms with van der Waals surface area (Å²) in [6, 6.07) is 0. The smallest absolute Gasteiger partial charge is 0.151 e. The Kier molecular flexibility index (Phi) is 4.20. The van der Waals surface area contributed by atoms with Crippen molar-refractivity contribution in [3.8, 4) is 0 Å². The monoisotopic (exact) mass is 300 g/mol. The second-order valence-corrected chi connectivity index (χ2v) is 5.98. The van der Waals surface area contributed by atoms with Crippen LogP contribution in [0.1, 0.15) is 37.8 Å². The molecule has 1 aromatic rings. The van der Waals surface area contributed by atoms with Gasteiger partial charge in [-0.2, -0.15) is 0 Å². The highest BCUT2D eigenvalue weighted by Crippen LogP contribution is 2.41. The third-order valence-corrected chi connectivity index (χ3v) is 4.46. The maximum atomic E-state index is 4.12. The lowest BCUT2D eigenvalue weighted by Gasteiger charge is -2.34. The van der Waals surface area contributed by atoms with E-state index in [1.807, 2.05) is 18.8 Å². The normalized spacial score (nSPS) is 29.5. The third kappa shape index (κ3) is 2.71. The highest BCUT2D eigenvalue weighted by Gasteiger charge is 2.33. The van der Waals surface area contributed by atoms with Gasteiger partial charge in [0, 0.05) is 13.0 Å². The molecule has 1 aliphatic rings. The summed E-state index contributed by atoms with van der Waals surface area (Å²) in [6.07, 6.45) is 3.88. The van der Waals surface area contributed by atoms with E-state index in [9.17, 15) is 0 Å². The van der Waals surface area contributed by atoms with Crippen LogP contribution >= 0.6 is 15.9 Å². The number of nitrogens with one attached hydrogen (secondary N) is 1. The number of hydrogen-bond donors (Lipinski definition) is 1. The number of halogens is 1. The van der Waals surface area contributed by atoms with E-state index < -0.39 is 0 Å². The Labute approximate surface area is 111 Å². The lowest BCUT2D eigenvalue weighted by atomic mass is 9.73. The van der Waals surface area contributed by atoms with Crippen LogP contribution in [0.2, 0.25) is 0 Å². The Morgan fingerprint density at radius 3 is 2.82 bits per heavy atom. The van der Waals surface area contributed by atoms with Crippen molar-refractivity contribution in [1.29, 1.82) is 0 Å². The molecule has 3 atom stereocenters. The van der Waals surface area contributed by atoms with Crippen LogP contribution in [0.4, 0.5) is 0 Å².